The van der Waals surface area contributed by atoms with Crippen molar-refractivity contribution >= 4 is 40.6 Å². The van der Waals surface area contributed by atoms with Crippen molar-refractivity contribution in [2.24, 2.45) is 10.9 Å². The summed E-state index contributed by atoms with van der Waals surface area (Å²) in [6.07, 6.45) is 7.07. The first-order valence-electron chi connectivity index (χ1n) is 11.9. The van der Waals surface area contributed by atoms with E-state index in [1.54, 1.807) is 6.20 Å². The molecule has 2 atom stereocenters. The van der Waals surface area contributed by atoms with Gasteiger partial charge in [-0.05, 0) is 49.4 Å². The second-order valence-corrected chi connectivity index (χ2v) is 9.69. The number of dihydropyridines is 1. The molecule has 0 radical (unpaired) electrons. The van der Waals surface area contributed by atoms with Gasteiger partial charge in [0.2, 0.25) is 0 Å². The third-order valence-electron chi connectivity index (χ3n) is 6.62. The summed E-state index contributed by atoms with van der Waals surface area (Å²) >= 11 is 6.13. The number of aliphatic imine (C=N–C) groups is 1. The van der Waals surface area contributed by atoms with Gasteiger partial charge < -0.3 is 20.5 Å². The van der Waals surface area contributed by atoms with Crippen molar-refractivity contribution in [1.29, 1.82) is 0 Å². The maximum Gasteiger partial charge on any atom is 0.321 e. The SMILES string of the molecule is Cc1cccc(NC(=O)N2CCCC(CNC3=C(F)C=NC(c4c[nH]c5ncc(Cl)cc45)C3)C2)c1. The van der Waals surface area contributed by atoms with Crippen LogP contribution in [0.3, 0.4) is 0 Å². The molecule has 0 spiro atoms. The van der Waals surface area contributed by atoms with Gasteiger partial charge in [-0.25, -0.2) is 14.2 Å². The number of hydrogen-bond acceptors (Lipinski definition) is 4. The number of carbonyl (C=O) groups is 1. The Morgan fingerprint density at radius 2 is 2.23 bits per heavy atom. The van der Waals surface area contributed by atoms with E-state index in [1.807, 2.05) is 48.4 Å². The zero-order valence-electron chi connectivity index (χ0n) is 19.5. The van der Waals surface area contributed by atoms with Crippen molar-refractivity contribution in [3.05, 3.63) is 70.4 Å². The number of rotatable bonds is 5. The van der Waals surface area contributed by atoms with E-state index >= 15 is 0 Å². The van der Waals surface area contributed by atoms with Gasteiger partial charge in [0.25, 0.3) is 0 Å². The van der Waals surface area contributed by atoms with Crippen LogP contribution in [0, 0.1) is 12.8 Å². The Labute approximate surface area is 208 Å². The van der Waals surface area contributed by atoms with Crippen molar-refractivity contribution in [3.63, 3.8) is 0 Å². The molecular formula is C26H28ClFN6O. The largest absolute Gasteiger partial charge is 0.386 e. The molecule has 0 bridgehead atoms. The highest BCUT2D eigenvalue weighted by Crippen LogP contribution is 2.34. The van der Waals surface area contributed by atoms with Crippen LogP contribution >= 0.6 is 11.6 Å². The van der Waals surface area contributed by atoms with Crippen LogP contribution in [0.15, 0.2) is 59.2 Å². The van der Waals surface area contributed by atoms with Gasteiger partial charge in [0.05, 0.1) is 23.0 Å². The first-order valence-corrected chi connectivity index (χ1v) is 12.2. The van der Waals surface area contributed by atoms with Crippen LogP contribution in [-0.4, -0.2) is 46.7 Å². The summed E-state index contributed by atoms with van der Waals surface area (Å²) < 4.78 is 14.6. The number of nitrogens with zero attached hydrogens (tertiary/aromatic N) is 3. The predicted octanol–water partition coefficient (Wildman–Crippen LogP) is 5.76. The molecular weight excluding hydrogens is 467 g/mol. The number of carbonyl (C=O) groups excluding carboxylic acids is 1. The maximum atomic E-state index is 14.6. The van der Waals surface area contributed by atoms with Gasteiger partial charge in [-0.1, -0.05) is 23.7 Å². The third-order valence-corrected chi connectivity index (χ3v) is 6.83. The van der Waals surface area contributed by atoms with Crippen molar-refractivity contribution in [3.8, 4) is 0 Å². The molecule has 3 aromatic rings. The molecule has 1 fully saturated rings. The molecule has 0 saturated carbocycles. The van der Waals surface area contributed by atoms with Gasteiger partial charge in [-0.3, -0.25) is 4.99 Å². The number of halogens is 2. The lowest BCUT2D eigenvalue weighted by molar-refractivity contribution is 0.177. The minimum absolute atomic E-state index is 0.0952. The third kappa shape index (κ3) is 5.32. The topological polar surface area (TPSA) is 85.4 Å². The molecule has 1 saturated heterocycles. The summed E-state index contributed by atoms with van der Waals surface area (Å²) in [7, 11) is 0. The second-order valence-electron chi connectivity index (χ2n) is 9.25. The lowest BCUT2D eigenvalue weighted by Gasteiger charge is -2.33. The number of anilines is 1. The first kappa shape index (κ1) is 23.4. The molecule has 1 aromatic carbocycles. The van der Waals surface area contributed by atoms with Crippen LogP contribution in [0.4, 0.5) is 14.9 Å². The fourth-order valence-electron chi connectivity index (χ4n) is 4.81. The molecule has 2 amide bonds. The lowest BCUT2D eigenvalue weighted by Crippen LogP contribution is -2.44. The molecule has 2 aliphatic rings. The molecule has 2 unspecified atom stereocenters. The van der Waals surface area contributed by atoms with Crippen LogP contribution in [0.2, 0.25) is 5.02 Å². The van der Waals surface area contributed by atoms with E-state index in [4.69, 9.17) is 11.6 Å². The van der Waals surface area contributed by atoms with Crippen LogP contribution in [0.1, 0.15) is 36.4 Å². The van der Waals surface area contributed by atoms with Gasteiger partial charge in [-0.15, -0.1) is 0 Å². The minimum Gasteiger partial charge on any atom is -0.386 e. The Morgan fingerprint density at radius 1 is 1.34 bits per heavy atom. The summed E-state index contributed by atoms with van der Waals surface area (Å²) in [4.78, 5) is 26.5. The number of likely N-dealkylation sites (tertiary alicyclic amines) is 1. The maximum absolute atomic E-state index is 14.6. The number of urea groups is 1. The van der Waals surface area contributed by atoms with Gasteiger partial charge in [0.15, 0.2) is 5.83 Å². The average molecular weight is 495 g/mol. The summed E-state index contributed by atoms with van der Waals surface area (Å²) in [5.74, 6) is -0.108. The molecule has 7 nitrogen and oxygen atoms in total. The van der Waals surface area contributed by atoms with E-state index in [2.05, 4.69) is 25.6 Å². The Morgan fingerprint density at radius 3 is 3.09 bits per heavy atom. The molecule has 5 rings (SSSR count). The van der Waals surface area contributed by atoms with E-state index in [-0.39, 0.29) is 23.8 Å². The summed E-state index contributed by atoms with van der Waals surface area (Å²) in [6, 6.07) is 9.30. The molecule has 182 valence electrons. The van der Waals surface area contributed by atoms with Crippen LogP contribution in [0.5, 0.6) is 0 Å². The molecule has 4 heterocycles. The summed E-state index contributed by atoms with van der Waals surface area (Å²) in [5, 5.41) is 7.74. The number of H-pyrrole nitrogens is 1. The fourth-order valence-corrected chi connectivity index (χ4v) is 4.96. The van der Waals surface area contributed by atoms with Crippen LogP contribution in [0.25, 0.3) is 11.0 Å². The number of benzene rings is 1. The quantitative estimate of drug-likeness (QED) is 0.422. The van der Waals surface area contributed by atoms with Crippen molar-refractivity contribution in [1.82, 2.24) is 20.2 Å². The molecule has 9 heteroatoms. The number of aromatic nitrogens is 2. The number of amides is 2. The Hall–Kier alpha value is -3.39. The second kappa shape index (κ2) is 10.1. The number of piperidine rings is 1. The minimum atomic E-state index is -0.345. The summed E-state index contributed by atoms with van der Waals surface area (Å²) in [6.45, 7) is 3.94. The highest BCUT2D eigenvalue weighted by Gasteiger charge is 2.26. The van der Waals surface area contributed by atoms with E-state index in [1.165, 1.54) is 6.21 Å². The van der Waals surface area contributed by atoms with Crippen molar-refractivity contribution in [2.75, 3.05) is 25.0 Å². The molecule has 3 N–H and O–H groups in total. The zero-order valence-corrected chi connectivity index (χ0v) is 20.3. The zero-order chi connectivity index (χ0) is 24.4. The number of allylic oxidation sites excluding steroid dienone is 1. The highest BCUT2D eigenvalue weighted by atomic mass is 35.5. The van der Waals surface area contributed by atoms with Crippen molar-refractivity contribution < 1.29 is 9.18 Å². The number of fused-ring (bicyclic) bond motifs is 1. The monoisotopic (exact) mass is 494 g/mol. The standard InChI is InChI=1S/C26H28ClFN6O/c1-16-4-2-6-19(8-16)33-26(35)34-7-3-5-17(15-34)11-29-24-10-23(30-14-22(24)28)21-13-32-25-20(21)9-18(27)12-31-25/h2,4,6,8-9,12-14,17,23,29H,3,5,7,10-11,15H2,1H3,(H,31,32)(H,33,35). The van der Waals surface area contributed by atoms with Gasteiger partial charge in [0, 0.05) is 55.1 Å². The van der Waals surface area contributed by atoms with Crippen molar-refractivity contribution in [2.45, 2.75) is 32.2 Å². The van der Waals surface area contributed by atoms with E-state index in [9.17, 15) is 9.18 Å². The van der Waals surface area contributed by atoms with Crippen LogP contribution in [-0.2, 0) is 0 Å². The number of nitrogens with one attached hydrogen (secondary N) is 3. The number of hydrogen-bond donors (Lipinski definition) is 3. The Kier molecular flexibility index (Phi) is 6.72. The fraction of sp³-hybridized carbons (Fsp3) is 0.346. The number of pyridine rings is 1. The Bertz CT molecular complexity index is 1300. The van der Waals surface area contributed by atoms with E-state index < -0.39 is 0 Å². The van der Waals surface area contributed by atoms with E-state index in [0.717, 1.165) is 47.2 Å². The predicted molar refractivity (Wildman–Crippen MR) is 138 cm³/mol. The van der Waals surface area contributed by atoms with E-state index in [0.29, 0.717) is 30.2 Å². The lowest BCUT2D eigenvalue weighted by atomic mass is 9.97. The van der Waals surface area contributed by atoms with Gasteiger partial charge in [-0.2, -0.15) is 0 Å². The average Bonchev–Trinajstić information content (AvgIpc) is 3.27. The normalized spacial score (nSPS) is 20.4. The number of aromatic amines is 1. The van der Waals surface area contributed by atoms with Gasteiger partial charge >= 0.3 is 6.03 Å². The molecule has 0 aliphatic carbocycles. The molecule has 35 heavy (non-hydrogen) atoms. The first-order chi connectivity index (χ1) is 17.0. The smallest absolute Gasteiger partial charge is 0.321 e. The van der Waals surface area contributed by atoms with Crippen LogP contribution < -0.4 is 10.6 Å². The Balaban J connectivity index is 1.19. The molecule has 2 aromatic heterocycles. The number of aryl methyl sites for hydroxylation is 1. The highest BCUT2D eigenvalue weighted by molar-refractivity contribution is 6.31. The van der Waals surface area contributed by atoms with Gasteiger partial charge in [0.1, 0.15) is 5.65 Å². The summed E-state index contributed by atoms with van der Waals surface area (Å²) in [5.41, 5.74) is 4.10. The molecule has 2 aliphatic heterocycles.